The second-order valence-electron chi connectivity index (χ2n) is 4.67. The van der Waals surface area contributed by atoms with Gasteiger partial charge >= 0.3 is 0 Å². The lowest BCUT2D eigenvalue weighted by atomic mass is 9.89. The third-order valence-corrected chi connectivity index (χ3v) is 3.39. The maximum atomic E-state index is 11.8. The number of ether oxygens (including phenoxy) is 1. The SMILES string of the molecule is CC(C)(CCI)C(=O)NCC1CCCO1. The zero-order chi connectivity index (χ0) is 11.3. The average Bonchev–Trinajstić information content (AvgIpc) is 2.66. The van der Waals surface area contributed by atoms with Crippen molar-refractivity contribution in [3.05, 3.63) is 0 Å². The molecule has 1 saturated heterocycles. The van der Waals surface area contributed by atoms with E-state index < -0.39 is 0 Å². The van der Waals surface area contributed by atoms with Crippen molar-refractivity contribution in [2.45, 2.75) is 39.2 Å². The first kappa shape index (κ1) is 13.2. The number of hydrogen-bond acceptors (Lipinski definition) is 2. The van der Waals surface area contributed by atoms with E-state index in [4.69, 9.17) is 4.74 Å². The van der Waals surface area contributed by atoms with E-state index in [0.29, 0.717) is 6.54 Å². The van der Waals surface area contributed by atoms with E-state index in [2.05, 4.69) is 27.9 Å². The maximum Gasteiger partial charge on any atom is 0.225 e. The van der Waals surface area contributed by atoms with Crippen LogP contribution in [0, 0.1) is 5.41 Å². The van der Waals surface area contributed by atoms with Crippen LogP contribution in [0.3, 0.4) is 0 Å². The van der Waals surface area contributed by atoms with Gasteiger partial charge in [0.25, 0.3) is 0 Å². The molecule has 0 aliphatic carbocycles. The van der Waals surface area contributed by atoms with Crippen molar-refractivity contribution in [3.8, 4) is 0 Å². The molecular formula is C11H20INO2. The van der Waals surface area contributed by atoms with Crippen molar-refractivity contribution < 1.29 is 9.53 Å². The highest BCUT2D eigenvalue weighted by Gasteiger charge is 2.27. The van der Waals surface area contributed by atoms with E-state index in [1.165, 1.54) is 0 Å². The quantitative estimate of drug-likeness (QED) is 0.621. The Morgan fingerprint density at radius 2 is 2.33 bits per heavy atom. The minimum absolute atomic E-state index is 0.148. The van der Waals surface area contributed by atoms with Gasteiger partial charge in [0.2, 0.25) is 5.91 Å². The van der Waals surface area contributed by atoms with E-state index in [0.717, 1.165) is 30.3 Å². The molecule has 15 heavy (non-hydrogen) atoms. The summed E-state index contributed by atoms with van der Waals surface area (Å²) in [5, 5.41) is 2.98. The summed E-state index contributed by atoms with van der Waals surface area (Å²) in [7, 11) is 0. The van der Waals surface area contributed by atoms with Crippen LogP contribution in [0.2, 0.25) is 0 Å². The first-order valence-corrected chi connectivity index (χ1v) is 7.04. The molecule has 88 valence electrons. The van der Waals surface area contributed by atoms with Crippen LogP contribution in [0.15, 0.2) is 0 Å². The molecule has 1 fully saturated rings. The normalized spacial score (nSPS) is 21.7. The topological polar surface area (TPSA) is 38.3 Å². The Kier molecular flexibility index (Phi) is 5.32. The minimum Gasteiger partial charge on any atom is -0.376 e. The highest BCUT2D eigenvalue weighted by Crippen LogP contribution is 2.21. The van der Waals surface area contributed by atoms with Crippen LogP contribution in [0.4, 0.5) is 0 Å². The Labute approximate surface area is 105 Å². The fourth-order valence-corrected chi connectivity index (χ4v) is 2.95. The van der Waals surface area contributed by atoms with Crippen molar-refractivity contribution >= 4 is 28.5 Å². The lowest BCUT2D eigenvalue weighted by Gasteiger charge is -2.23. The monoisotopic (exact) mass is 325 g/mol. The molecule has 1 N–H and O–H groups in total. The van der Waals surface area contributed by atoms with Crippen molar-refractivity contribution in [3.63, 3.8) is 0 Å². The summed E-state index contributed by atoms with van der Waals surface area (Å²) in [5.74, 6) is 0.148. The van der Waals surface area contributed by atoms with Gasteiger partial charge in [0.05, 0.1) is 6.10 Å². The van der Waals surface area contributed by atoms with Crippen molar-refractivity contribution in [1.82, 2.24) is 5.32 Å². The average molecular weight is 325 g/mol. The molecule has 1 rings (SSSR count). The summed E-state index contributed by atoms with van der Waals surface area (Å²) in [6.45, 7) is 5.51. The number of carbonyl (C=O) groups is 1. The zero-order valence-corrected chi connectivity index (χ0v) is 11.7. The predicted octanol–water partition coefficient (Wildman–Crippen LogP) is 2.13. The summed E-state index contributed by atoms with van der Waals surface area (Å²) in [5.41, 5.74) is -0.250. The Bertz CT molecular complexity index is 213. The maximum absolute atomic E-state index is 11.8. The molecule has 3 nitrogen and oxygen atoms in total. The summed E-state index contributed by atoms with van der Waals surface area (Å²) in [4.78, 5) is 11.8. The lowest BCUT2D eigenvalue weighted by molar-refractivity contribution is -0.129. The number of hydrogen-bond donors (Lipinski definition) is 1. The summed E-state index contributed by atoms with van der Waals surface area (Å²) >= 11 is 2.31. The molecule has 1 aliphatic heterocycles. The van der Waals surface area contributed by atoms with Crippen LogP contribution in [-0.4, -0.2) is 29.6 Å². The fourth-order valence-electron chi connectivity index (χ4n) is 1.60. The smallest absolute Gasteiger partial charge is 0.225 e. The van der Waals surface area contributed by atoms with Crippen LogP contribution >= 0.6 is 22.6 Å². The molecule has 0 aromatic rings. The third kappa shape index (κ3) is 4.26. The van der Waals surface area contributed by atoms with Gasteiger partial charge in [-0.1, -0.05) is 36.4 Å². The van der Waals surface area contributed by atoms with E-state index in [-0.39, 0.29) is 17.4 Å². The number of alkyl halides is 1. The van der Waals surface area contributed by atoms with Gasteiger partial charge in [-0.25, -0.2) is 0 Å². The lowest BCUT2D eigenvalue weighted by Crippen LogP contribution is -2.40. The minimum atomic E-state index is -0.250. The molecule has 1 aliphatic rings. The van der Waals surface area contributed by atoms with Crippen LogP contribution in [0.1, 0.15) is 33.1 Å². The Hall–Kier alpha value is 0.160. The molecule has 0 aromatic heterocycles. The predicted molar refractivity (Wildman–Crippen MR) is 69.3 cm³/mol. The molecule has 0 aromatic carbocycles. The summed E-state index contributed by atoms with van der Waals surface area (Å²) in [6.07, 6.45) is 3.36. The highest BCUT2D eigenvalue weighted by molar-refractivity contribution is 14.1. The van der Waals surface area contributed by atoms with Gasteiger partial charge in [0, 0.05) is 23.0 Å². The largest absolute Gasteiger partial charge is 0.376 e. The van der Waals surface area contributed by atoms with Gasteiger partial charge in [0.15, 0.2) is 0 Å². The van der Waals surface area contributed by atoms with Crippen LogP contribution in [-0.2, 0) is 9.53 Å². The molecule has 0 saturated carbocycles. The molecule has 0 spiro atoms. The Morgan fingerprint density at radius 3 is 2.87 bits per heavy atom. The van der Waals surface area contributed by atoms with Gasteiger partial charge in [-0.3, -0.25) is 4.79 Å². The van der Waals surface area contributed by atoms with Gasteiger partial charge in [-0.2, -0.15) is 0 Å². The van der Waals surface area contributed by atoms with Crippen LogP contribution < -0.4 is 5.32 Å². The number of carbonyl (C=O) groups excluding carboxylic acids is 1. The fraction of sp³-hybridized carbons (Fsp3) is 0.909. The molecular weight excluding hydrogens is 305 g/mol. The number of rotatable bonds is 5. The van der Waals surface area contributed by atoms with Crippen molar-refractivity contribution in [2.24, 2.45) is 5.41 Å². The number of amides is 1. The number of nitrogens with one attached hydrogen (secondary N) is 1. The zero-order valence-electron chi connectivity index (χ0n) is 9.51. The van der Waals surface area contributed by atoms with Gasteiger partial charge in [0.1, 0.15) is 0 Å². The Balaban J connectivity index is 2.27. The van der Waals surface area contributed by atoms with Crippen molar-refractivity contribution in [1.29, 1.82) is 0 Å². The van der Waals surface area contributed by atoms with Gasteiger partial charge in [-0.05, 0) is 19.3 Å². The molecule has 1 amide bonds. The third-order valence-electron chi connectivity index (χ3n) is 2.85. The van der Waals surface area contributed by atoms with Crippen molar-refractivity contribution in [2.75, 3.05) is 17.6 Å². The first-order valence-electron chi connectivity index (χ1n) is 5.52. The molecule has 1 atom stereocenters. The second-order valence-corrected chi connectivity index (χ2v) is 5.75. The molecule has 1 heterocycles. The highest BCUT2D eigenvalue weighted by atomic mass is 127. The second kappa shape index (κ2) is 6.03. The summed E-state index contributed by atoms with van der Waals surface area (Å²) < 4.78 is 6.47. The first-order chi connectivity index (χ1) is 7.06. The summed E-state index contributed by atoms with van der Waals surface area (Å²) in [6, 6.07) is 0. The standard InChI is InChI=1S/C11H20INO2/c1-11(2,5-6-12)10(14)13-8-9-4-3-7-15-9/h9H,3-8H2,1-2H3,(H,13,14). The van der Waals surface area contributed by atoms with E-state index in [9.17, 15) is 4.79 Å². The molecule has 1 unspecified atom stereocenters. The molecule has 4 heteroatoms. The molecule has 0 radical (unpaired) electrons. The van der Waals surface area contributed by atoms with Gasteiger partial charge < -0.3 is 10.1 Å². The molecule has 0 bridgehead atoms. The van der Waals surface area contributed by atoms with E-state index >= 15 is 0 Å². The van der Waals surface area contributed by atoms with E-state index in [1.54, 1.807) is 0 Å². The number of halogens is 1. The Morgan fingerprint density at radius 1 is 1.60 bits per heavy atom. The van der Waals surface area contributed by atoms with Gasteiger partial charge in [-0.15, -0.1) is 0 Å². The van der Waals surface area contributed by atoms with Crippen LogP contribution in [0.25, 0.3) is 0 Å². The van der Waals surface area contributed by atoms with E-state index in [1.807, 2.05) is 13.8 Å². The van der Waals surface area contributed by atoms with Crippen LogP contribution in [0.5, 0.6) is 0 Å².